The third-order valence-electron chi connectivity index (χ3n) is 4.47. The Morgan fingerprint density at radius 1 is 1.47 bits per heavy atom. The van der Waals surface area contributed by atoms with Crippen molar-refractivity contribution >= 4 is 5.91 Å². The van der Waals surface area contributed by atoms with Crippen molar-refractivity contribution in [1.82, 2.24) is 4.90 Å². The van der Waals surface area contributed by atoms with Gasteiger partial charge in [-0.25, -0.2) is 0 Å². The van der Waals surface area contributed by atoms with Crippen LogP contribution in [0, 0.1) is 5.41 Å². The van der Waals surface area contributed by atoms with Crippen LogP contribution in [0.15, 0.2) is 23.3 Å². The van der Waals surface area contributed by atoms with Crippen molar-refractivity contribution in [2.24, 2.45) is 11.1 Å². The summed E-state index contributed by atoms with van der Waals surface area (Å²) in [4.78, 5) is 14.0. The van der Waals surface area contributed by atoms with Crippen LogP contribution in [0.25, 0.3) is 0 Å². The van der Waals surface area contributed by atoms with Gasteiger partial charge in [-0.2, -0.15) is 0 Å². The Kier molecular flexibility index (Phi) is 4.14. The van der Waals surface area contributed by atoms with Gasteiger partial charge in [0, 0.05) is 25.2 Å². The summed E-state index contributed by atoms with van der Waals surface area (Å²) in [5.74, 6) is 0.106. The zero-order valence-corrected chi connectivity index (χ0v) is 12.4. The van der Waals surface area contributed by atoms with Crippen LogP contribution in [-0.2, 0) is 4.79 Å². The minimum absolute atomic E-state index is 0.106. The summed E-state index contributed by atoms with van der Waals surface area (Å²) in [6.07, 6.45) is 8.32. The molecule has 0 unspecified atom stereocenters. The molecule has 2 rings (SSSR count). The Morgan fingerprint density at radius 2 is 2.21 bits per heavy atom. The largest absolute Gasteiger partial charge is 0.338 e. The lowest BCUT2D eigenvalue weighted by Crippen LogP contribution is -2.30. The number of nitrogens with zero attached hydrogens (tertiary/aromatic N) is 1. The minimum Gasteiger partial charge on any atom is -0.338 e. The number of hydrogen-bond acceptors (Lipinski definition) is 2. The van der Waals surface area contributed by atoms with Gasteiger partial charge in [-0.15, -0.1) is 0 Å². The highest BCUT2D eigenvalue weighted by Gasteiger charge is 2.27. The molecule has 3 nitrogen and oxygen atoms in total. The van der Waals surface area contributed by atoms with Gasteiger partial charge in [-0.1, -0.05) is 25.5 Å². The van der Waals surface area contributed by atoms with Crippen molar-refractivity contribution in [3.05, 3.63) is 23.3 Å². The van der Waals surface area contributed by atoms with Gasteiger partial charge >= 0.3 is 0 Å². The second kappa shape index (κ2) is 5.49. The first-order valence-electron chi connectivity index (χ1n) is 7.33. The fourth-order valence-electron chi connectivity index (χ4n) is 3.26. The normalized spacial score (nSPS) is 27.4. The summed E-state index contributed by atoms with van der Waals surface area (Å²) in [5.41, 5.74) is 8.81. The molecule has 1 amide bonds. The average Bonchev–Trinajstić information content (AvgIpc) is 2.74. The molecule has 1 atom stereocenters. The Labute approximate surface area is 116 Å². The number of hydrogen-bond donors (Lipinski definition) is 1. The number of amides is 1. The molecule has 106 valence electrons. The maximum atomic E-state index is 12.1. The molecule has 0 bridgehead atoms. The Balaban J connectivity index is 2.07. The third-order valence-corrected chi connectivity index (χ3v) is 4.47. The molecule has 0 saturated carbocycles. The van der Waals surface area contributed by atoms with Crippen molar-refractivity contribution < 1.29 is 4.79 Å². The molecule has 0 aromatic heterocycles. The quantitative estimate of drug-likeness (QED) is 0.778. The molecular formula is C16H26N2O. The van der Waals surface area contributed by atoms with E-state index >= 15 is 0 Å². The molecule has 0 aromatic carbocycles. The van der Waals surface area contributed by atoms with E-state index in [9.17, 15) is 4.79 Å². The van der Waals surface area contributed by atoms with Crippen molar-refractivity contribution in [1.29, 1.82) is 0 Å². The lowest BCUT2D eigenvalue weighted by atomic mass is 9.72. The molecule has 2 N–H and O–H groups in total. The predicted octanol–water partition coefficient (Wildman–Crippen LogP) is 2.63. The van der Waals surface area contributed by atoms with E-state index in [1.54, 1.807) is 6.08 Å². The number of allylic oxidation sites excluding steroid dienone is 3. The van der Waals surface area contributed by atoms with Gasteiger partial charge in [0.15, 0.2) is 0 Å². The van der Waals surface area contributed by atoms with E-state index in [-0.39, 0.29) is 17.4 Å². The summed E-state index contributed by atoms with van der Waals surface area (Å²) in [5, 5.41) is 0. The summed E-state index contributed by atoms with van der Waals surface area (Å²) >= 11 is 0. The van der Waals surface area contributed by atoms with Crippen molar-refractivity contribution in [2.45, 2.75) is 52.5 Å². The molecule has 1 aliphatic heterocycles. The maximum Gasteiger partial charge on any atom is 0.246 e. The summed E-state index contributed by atoms with van der Waals surface area (Å²) in [6, 6.07) is 0.157. The molecule has 1 heterocycles. The number of likely N-dealkylation sites (tertiary alicyclic amines) is 1. The molecule has 19 heavy (non-hydrogen) atoms. The number of nitrogens with two attached hydrogens (primary N) is 1. The lowest BCUT2D eigenvalue weighted by Gasteiger charge is -2.33. The van der Waals surface area contributed by atoms with E-state index in [0.29, 0.717) is 6.54 Å². The van der Waals surface area contributed by atoms with E-state index in [0.717, 1.165) is 19.4 Å². The van der Waals surface area contributed by atoms with Crippen LogP contribution in [0.5, 0.6) is 0 Å². The maximum absolute atomic E-state index is 12.1. The minimum atomic E-state index is 0.106. The SMILES string of the molecule is CC1=C(/C=C/C(=O)N2CC[C@H](N)C2)C(C)(C)CCC1. The van der Waals surface area contributed by atoms with E-state index < -0.39 is 0 Å². The van der Waals surface area contributed by atoms with E-state index in [1.807, 2.05) is 11.0 Å². The van der Waals surface area contributed by atoms with Crippen LogP contribution in [0.1, 0.15) is 46.5 Å². The predicted molar refractivity (Wildman–Crippen MR) is 78.6 cm³/mol. The number of carbonyl (C=O) groups excluding carboxylic acids is 1. The van der Waals surface area contributed by atoms with Crippen molar-refractivity contribution in [3.63, 3.8) is 0 Å². The highest BCUT2D eigenvalue weighted by atomic mass is 16.2. The third kappa shape index (κ3) is 3.27. The van der Waals surface area contributed by atoms with Crippen molar-refractivity contribution in [2.75, 3.05) is 13.1 Å². The van der Waals surface area contributed by atoms with Gasteiger partial charge in [0.1, 0.15) is 0 Å². The number of carbonyl (C=O) groups is 1. The van der Waals surface area contributed by atoms with Crippen LogP contribution in [0.4, 0.5) is 0 Å². The van der Waals surface area contributed by atoms with Crippen LogP contribution < -0.4 is 5.73 Å². The smallest absolute Gasteiger partial charge is 0.246 e. The first kappa shape index (κ1) is 14.3. The molecule has 0 spiro atoms. The van der Waals surface area contributed by atoms with Crippen molar-refractivity contribution in [3.8, 4) is 0 Å². The van der Waals surface area contributed by atoms with Gasteiger partial charge in [-0.05, 0) is 43.6 Å². The topological polar surface area (TPSA) is 46.3 Å². The van der Waals surface area contributed by atoms with Gasteiger partial charge in [0.2, 0.25) is 5.91 Å². The molecule has 0 aromatic rings. The molecule has 2 aliphatic rings. The monoisotopic (exact) mass is 262 g/mol. The Bertz CT molecular complexity index is 420. The fourth-order valence-corrected chi connectivity index (χ4v) is 3.26. The first-order valence-corrected chi connectivity index (χ1v) is 7.33. The zero-order valence-electron chi connectivity index (χ0n) is 12.4. The summed E-state index contributed by atoms with van der Waals surface area (Å²) < 4.78 is 0. The molecular weight excluding hydrogens is 236 g/mol. The molecule has 3 heteroatoms. The van der Waals surface area contributed by atoms with E-state index in [1.165, 1.54) is 24.0 Å². The lowest BCUT2D eigenvalue weighted by molar-refractivity contribution is -0.125. The van der Waals surface area contributed by atoms with Crippen LogP contribution in [0.2, 0.25) is 0 Å². The van der Waals surface area contributed by atoms with Gasteiger partial charge < -0.3 is 10.6 Å². The fraction of sp³-hybridized carbons (Fsp3) is 0.688. The first-order chi connectivity index (χ1) is 8.90. The van der Waals surface area contributed by atoms with Gasteiger partial charge in [0.05, 0.1) is 0 Å². The van der Waals surface area contributed by atoms with E-state index in [4.69, 9.17) is 5.73 Å². The second-order valence-electron chi connectivity index (χ2n) is 6.60. The highest BCUT2D eigenvalue weighted by molar-refractivity contribution is 5.88. The highest BCUT2D eigenvalue weighted by Crippen LogP contribution is 2.40. The average molecular weight is 262 g/mol. The number of rotatable bonds is 2. The summed E-state index contributed by atoms with van der Waals surface area (Å²) in [7, 11) is 0. The summed E-state index contributed by atoms with van der Waals surface area (Å²) in [6.45, 7) is 8.23. The standard InChI is InChI=1S/C16H26N2O/c1-12-5-4-9-16(2,3)14(12)6-7-15(19)18-10-8-13(17)11-18/h6-7,13H,4-5,8-11,17H2,1-3H3/b7-6+/t13-/m0/s1. The molecule has 1 fully saturated rings. The van der Waals surface area contributed by atoms with E-state index in [2.05, 4.69) is 20.8 Å². The van der Waals surface area contributed by atoms with Crippen LogP contribution >= 0.6 is 0 Å². The van der Waals surface area contributed by atoms with Gasteiger partial charge in [0.25, 0.3) is 0 Å². The van der Waals surface area contributed by atoms with Crippen LogP contribution in [-0.4, -0.2) is 29.9 Å². The van der Waals surface area contributed by atoms with Gasteiger partial charge in [-0.3, -0.25) is 4.79 Å². The Morgan fingerprint density at radius 3 is 2.79 bits per heavy atom. The second-order valence-corrected chi connectivity index (χ2v) is 6.60. The molecule has 0 radical (unpaired) electrons. The zero-order chi connectivity index (χ0) is 14.0. The Hall–Kier alpha value is -1.09. The molecule has 1 saturated heterocycles. The molecule has 1 aliphatic carbocycles. The van der Waals surface area contributed by atoms with Crippen LogP contribution in [0.3, 0.4) is 0 Å².